The van der Waals surface area contributed by atoms with Crippen molar-refractivity contribution in [3.05, 3.63) is 11.4 Å². The lowest BCUT2D eigenvalue weighted by atomic mass is 10.1. The maximum Gasteiger partial charge on any atom is 0.360 e. The van der Waals surface area contributed by atoms with Crippen molar-refractivity contribution in [2.75, 3.05) is 20.8 Å². The Morgan fingerprint density at radius 2 is 2.10 bits per heavy atom. The zero-order valence-corrected chi connectivity index (χ0v) is 12.6. The molecule has 1 aromatic heterocycles. The number of rotatable bonds is 5. The first kappa shape index (κ1) is 15.9. The first-order valence-corrected chi connectivity index (χ1v) is 7.38. The Morgan fingerprint density at radius 1 is 1.33 bits per heavy atom. The van der Waals surface area contributed by atoms with Crippen LogP contribution in [0, 0.1) is 0 Å². The van der Waals surface area contributed by atoms with Gasteiger partial charge in [0.15, 0.2) is 5.69 Å². The first-order valence-electron chi connectivity index (χ1n) is 7.38. The molecule has 0 aromatic carbocycles. The standard InChI is InChI=1S/C14H23N3O4/c1-20-9-8-11-13(14(19)21-2)15-16-17(11)10-6-4-3-5-7-12(10)18/h10,12,18H,3-9H2,1-2H3. The predicted molar refractivity (Wildman–Crippen MR) is 75.1 cm³/mol. The summed E-state index contributed by atoms with van der Waals surface area (Å²) in [7, 11) is 2.92. The molecule has 0 radical (unpaired) electrons. The fourth-order valence-corrected chi connectivity index (χ4v) is 2.82. The van der Waals surface area contributed by atoms with E-state index in [0.29, 0.717) is 18.7 Å². The minimum absolute atomic E-state index is 0.134. The minimum atomic E-state index is -0.504. The summed E-state index contributed by atoms with van der Waals surface area (Å²) in [5.74, 6) is -0.504. The molecule has 0 saturated heterocycles. The molecule has 118 valence electrons. The number of aromatic nitrogens is 3. The molecular formula is C14H23N3O4. The van der Waals surface area contributed by atoms with E-state index in [1.165, 1.54) is 7.11 Å². The van der Waals surface area contributed by atoms with Crippen LogP contribution >= 0.6 is 0 Å². The normalized spacial score (nSPS) is 22.8. The summed E-state index contributed by atoms with van der Waals surface area (Å²) in [6, 6.07) is -0.134. The summed E-state index contributed by atoms with van der Waals surface area (Å²) >= 11 is 0. The van der Waals surface area contributed by atoms with Crippen LogP contribution in [0.5, 0.6) is 0 Å². The van der Waals surface area contributed by atoms with Gasteiger partial charge in [-0.25, -0.2) is 9.48 Å². The Kier molecular flexibility index (Phi) is 5.69. The fourth-order valence-electron chi connectivity index (χ4n) is 2.82. The minimum Gasteiger partial charge on any atom is -0.464 e. The number of aliphatic hydroxyl groups excluding tert-OH is 1. The van der Waals surface area contributed by atoms with Crippen molar-refractivity contribution in [3.8, 4) is 0 Å². The van der Waals surface area contributed by atoms with Crippen molar-refractivity contribution in [2.45, 2.75) is 50.7 Å². The highest BCUT2D eigenvalue weighted by molar-refractivity contribution is 5.88. The van der Waals surface area contributed by atoms with Gasteiger partial charge in [0.05, 0.1) is 31.6 Å². The Balaban J connectivity index is 2.32. The molecule has 0 aliphatic heterocycles. The van der Waals surface area contributed by atoms with Gasteiger partial charge in [-0.05, 0) is 12.8 Å². The number of esters is 1. The Labute approximate surface area is 124 Å². The Hall–Kier alpha value is -1.47. The molecule has 2 unspecified atom stereocenters. The van der Waals surface area contributed by atoms with E-state index < -0.39 is 12.1 Å². The maximum atomic E-state index is 11.8. The third-order valence-electron chi connectivity index (χ3n) is 3.97. The first-order chi connectivity index (χ1) is 10.2. The molecule has 1 aliphatic carbocycles. The average molecular weight is 297 g/mol. The van der Waals surface area contributed by atoms with E-state index in [2.05, 4.69) is 10.3 Å². The SMILES string of the molecule is COCCc1c(C(=O)OC)nnn1C1CCCCCC1O. The van der Waals surface area contributed by atoms with Crippen molar-refractivity contribution in [2.24, 2.45) is 0 Å². The van der Waals surface area contributed by atoms with Crippen molar-refractivity contribution in [3.63, 3.8) is 0 Å². The van der Waals surface area contributed by atoms with Gasteiger partial charge in [0, 0.05) is 13.5 Å². The van der Waals surface area contributed by atoms with Crippen LogP contribution in [0.4, 0.5) is 0 Å². The summed E-state index contributed by atoms with van der Waals surface area (Å²) in [4.78, 5) is 11.8. The van der Waals surface area contributed by atoms with E-state index >= 15 is 0 Å². The van der Waals surface area contributed by atoms with Crippen LogP contribution in [0.2, 0.25) is 0 Å². The molecule has 1 N–H and O–H groups in total. The summed E-state index contributed by atoms with van der Waals surface area (Å²) in [5.41, 5.74) is 0.889. The van der Waals surface area contributed by atoms with E-state index in [4.69, 9.17) is 9.47 Å². The van der Waals surface area contributed by atoms with Crippen LogP contribution in [0.15, 0.2) is 0 Å². The van der Waals surface area contributed by atoms with Crippen LogP contribution < -0.4 is 0 Å². The van der Waals surface area contributed by atoms with Gasteiger partial charge in [-0.15, -0.1) is 5.10 Å². The van der Waals surface area contributed by atoms with Crippen LogP contribution in [-0.2, 0) is 15.9 Å². The van der Waals surface area contributed by atoms with E-state index in [9.17, 15) is 9.90 Å². The van der Waals surface area contributed by atoms with Crippen molar-refractivity contribution in [1.29, 1.82) is 0 Å². The van der Waals surface area contributed by atoms with Gasteiger partial charge in [0.25, 0.3) is 0 Å². The highest BCUT2D eigenvalue weighted by Gasteiger charge is 2.29. The van der Waals surface area contributed by atoms with Crippen LogP contribution in [0.25, 0.3) is 0 Å². The second-order valence-electron chi connectivity index (χ2n) is 5.34. The Bertz CT molecular complexity index is 475. The largest absolute Gasteiger partial charge is 0.464 e. The Morgan fingerprint density at radius 3 is 2.81 bits per heavy atom. The van der Waals surface area contributed by atoms with Crippen molar-refractivity contribution >= 4 is 5.97 Å². The molecule has 0 amide bonds. The van der Waals surface area contributed by atoms with Gasteiger partial charge in [-0.1, -0.05) is 24.5 Å². The van der Waals surface area contributed by atoms with E-state index in [0.717, 1.165) is 32.1 Å². The molecule has 1 aromatic rings. The summed E-state index contributed by atoms with van der Waals surface area (Å²) in [5, 5.41) is 18.4. The number of nitrogens with zero attached hydrogens (tertiary/aromatic N) is 3. The molecule has 0 spiro atoms. The second-order valence-corrected chi connectivity index (χ2v) is 5.34. The lowest BCUT2D eigenvalue weighted by Gasteiger charge is -2.22. The fraction of sp³-hybridized carbons (Fsp3) is 0.786. The quantitative estimate of drug-likeness (QED) is 0.647. The van der Waals surface area contributed by atoms with Gasteiger partial charge >= 0.3 is 5.97 Å². The number of hydrogen-bond donors (Lipinski definition) is 1. The topological polar surface area (TPSA) is 86.5 Å². The lowest BCUT2D eigenvalue weighted by molar-refractivity contribution is 0.0591. The zero-order valence-electron chi connectivity index (χ0n) is 12.6. The van der Waals surface area contributed by atoms with Crippen LogP contribution in [0.1, 0.15) is 54.3 Å². The van der Waals surface area contributed by atoms with Crippen LogP contribution in [0.3, 0.4) is 0 Å². The van der Waals surface area contributed by atoms with E-state index in [1.807, 2.05) is 0 Å². The third kappa shape index (κ3) is 3.59. The number of methoxy groups -OCH3 is 2. The highest BCUT2D eigenvalue weighted by Crippen LogP contribution is 2.29. The molecule has 1 saturated carbocycles. The monoisotopic (exact) mass is 297 g/mol. The number of carbonyl (C=O) groups is 1. The molecular weight excluding hydrogens is 274 g/mol. The van der Waals surface area contributed by atoms with Crippen molar-refractivity contribution < 1.29 is 19.4 Å². The van der Waals surface area contributed by atoms with Gasteiger partial charge < -0.3 is 14.6 Å². The predicted octanol–water partition coefficient (Wildman–Crippen LogP) is 1.12. The molecule has 1 heterocycles. The zero-order chi connectivity index (χ0) is 15.2. The number of hydrogen-bond acceptors (Lipinski definition) is 6. The van der Waals surface area contributed by atoms with Gasteiger partial charge in [0.2, 0.25) is 0 Å². The average Bonchev–Trinajstić information content (AvgIpc) is 2.79. The maximum absolute atomic E-state index is 11.8. The third-order valence-corrected chi connectivity index (χ3v) is 3.97. The lowest BCUT2D eigenvalue weighted by Crippen LogP contribution is -2.26. The van der Waals surface area contributed by atoms with Crippen molar-refractivity contribution in [1.82, 2.24) is 15.0 Å². The van der Waals surface area contributed by atoms with E-state index in [1.54, 1.807) is 11.8 Å². The van der Waals surface area contributed by atoms with E-state index in [-0.39, 0.29) is 11.7 Å². The molecule has 2 rings (SSSR count). The molecule has 1 aliphatic rings. The summed E-state index contributed by atoms with van der Waals surface area (Å²) in [6.07, 6.45) is 4.81. The number of ether oxygens (including phenoxy) is 2. The molecule has 7 heteroatoms. The van der Waals surface area contributed by atoms with Crippen LogP contribution in [-0.4, -0.2) is 53.0 Å². The van der Waals surface area contributed by atoms with Gasteiger partial charge in [0.1, 0.15) is 0 Å². The number of carbonyl (C=O) groups excluding carboxylic acids is 1. The summed E-state index contributed by atoms with van der Waals surface area (Å²) in [6.45, 7) is 0.459. The van der Waals surface area contributed by atoms with Gasteiger partial charge in [-0.2, -0.15) is 0 Å². The molecule has 2 atom stereocenters. The highest BCUT2D eigenvalue weighted by atomic mass is 16.5. The smallest absolute Gasteiger partial charge is 0.360 e. The molecule has 0 bridgehead atoms. The summed E-state index contributed by atoms with van der Waals surface area (Å²) < 4.78 is 11.5. The molecule has 21 heavy (non-hydrogen) atoms. The second kappa shape index (κ2) is 7.51. The number of aliphatic hydroxyl groups is 1. The molecule has 7 nitrogen and oxygen atoms in total. The van der Waals surface area contributed by atoms with Gasteiger partial charge in [-0.3, -0.25) is 0 Å². The molecule has 1 fully saturated rings.